The van der Waals surface area contributed by atoms with Crippen LogP contribution in [-0.2, 0) is 11.8 Å². The molecule has 10 heteroatoms. The van der Waals surface area contributed by atoms with Crippen molar-refractivity contribution < 1.29 is 4.79 Å². The van der Waals surface area contributed by atoms with E-state index in [0.717, 1.165) is 41.0 Å². The van der Waals surface area contributed by atoms with E-state index in [-0.39, 0.29) is 34.8 Å². The first-order valence-corrected chi connectivity index (χ1v) is 14.4. The van der Waals surface area contributed by atoms with Crippen LogP contribution in [-0.4, -0.2) is 67.9 Å². The summed E-state index contributed by atoms with van der Waals surface area (Å²) in [5, 5.41) is 3.21. The lowest BCUT2D eigenvalue weighted by Crippen LogP contribution is -2.56. The lowest BCUT2D eigenvalue weighted by molar-refractivity contribution is -0.140. The molecule has 220 valence electrons. The van der Waals surface area contributed by atoms with Gasteiger partial charge in [-0.2, -0.15) is 0 Å². The summed E-state index contributed by atoms with van der Waals surface area (Å²) in [6.45, 7) is 5.48. The van der Waals surface area contributed by atoms with Crippen LogP contribution in [0.3, 0.4) is 0 Å². The highest BCUT2D eigenvalue weighted by Gasteiger charge is 2.36. The minimum atomic E-state index is -0.259. The van der Waals surface area contributed by atoms with Crippen LogP contribution in [0.2, 0.25) is 0 Å². The standard InChI is InChI=1S/C33H35N7O3/c1-20-13-14-40-28(17-20)34-18-26(31(40)41)24-7-6-8-25(21(24)2)27-19-39(5)33(43)30(36-27)35-23-11-9-22(10-12-23)29-32(42)38(4)16-15-37(29)3/h6-9,11-14,17-19,22,29H,10,15-16H2,1-5H3,(H,35,36)/t22?,29-/m1/s1. The highest BCUT2D eigenvalue weighted by molar-refractivity contribution is 5.83. The summed E-state index contributed by atoms with van der Waals surface area (Å²) in [5.41, 5.74) is 5.49. The Hall–Kier alpha value is -4.83. The van der Waals surface area contributed by atoms with Gasteiger partial charge in [0.1, 0.15) is 5.65 Å². The number of carbonyl (C=O) groups is 1. The predicted molar refractivity (Wildman–Crippen MR) is 168 cm³/mol. The maximum atomic E-state index is 13.4. The fourth-order valence-electron chi connectivity index (χ4n) is 5.97. The lowest BCUT2D eigenvalue weighted by Gasteiger charge is -2.40. The number of carbonyl (C=O) groups excluding carboxylic acids is 1. The fourth-order valence-corrected chi connectivity index (χ4v) is 5.97. The molecule has 0 spiro atoms. The molecule has 1 aliphatic heterocycles. The second kappa shape index (κ2) is 11.1. The SMILES string of the molecule is Cc1ccn2c(=O)c(-c3cccc(-c4cn(C)c(=O)c(NC5=CCC([C@@H]6C(=O)N(C)CCN6C)C=C5)n4)c3C)cnc2c1. The highest BCUT2D eigenvalue weighted by atomic mass is 16.2. The van der Waals surface area contributed by atoms with Gasteiger partial charge in [-0.1, -0.05) is 30.4 Å². The smallest absolute Gasteiger partial charge is 0.293 e. The molecule has 1 amide bonds. The van der Waals surface area contributed by atoms with Crippen LogP contribution in [0.1, 0.15) is 17.5 Å². The molecule has 10 nitrogen and oxygen atoms in total. The minimum absolute atomic E-state index is 0.0519. The van der Waals surface area contributed by atoms with E-state index >= 15 is 0 Å². The molecule has 3 aromatic heterocycles. The van der Waals surface area contributed by atoms with Crippen molar-refractivity contribution in [3.63, 3.8) is 0 Å². The predicted octanol–water partition coefficient (Wildman–Crippen LogP) is 3.38. The molecule has 4 heterocycles. The first-order valence-electron chi connectivity index (χ1n) is 14.4. The number of allylic oxidation sites excluding steroid dienone is 2. The molecule has 1 N–H and O–H groups in total. The van der Waals surface area contributed by atoms with E-state index in [4.69, 9.17) is 4.98 Å². The molecule has 1 fully saturated rings. The van der Waals surface area contributed by atoms with Crippen LogP contribution in [0.4, 0.5) is 5.82 Å². The number of nitrogens with one attached hydrogen (secondary N) is 1. The highest BCUT2D eigenvalue weighted by Crippen LogP contribution is 2.30. The van der Waals surface area contributed by atoms with Gasteiger partial charge in [0, 0.05) is 63.0 Å². The van der Waals surface area contributed by atoms with Crippen molar-refractivity contribution in [3.05, 3.63) is 105 Å². The number of hydrogen-bond donors (Lipinski definition) is 1. The van der Waals surface area contributed by atoms with Gasteiger partial charge in [-0.05, 0) is 62.2 Å². The Morgan fingerprint density at radius 3 is 2.51 bits per heavy atom. The van der Waals surface area contributed by atoms with Crippen LogP contribution in [0.15, 0.2) is 82.4 Å². The molecule has 6 rings (SSSR count). The average Bonchev–Trinajstić information content (AvgIpc) is 2.99. The first-order chi connectivity index (χ1) is 20.6. The van der Waals surface area contributed by atoms with Crippen molar-refractivity contribution in [1.82, 2.24) is 28.7 Å². The molecule has 1 aliphatic carbocycles. The molecule has 43 heavy (non-hydrogen) atoms. The molecule has 0 saturated carbocycles. The third-order valence-electron chi connectivity index (χ3n) is 8.53. The Bertz CT molecular complexity index is 1940. The quantitative estimate of drug-likeness (QED) is 0.388. The summed E-state index contributed by atoms with van der Waals surface area (Å²) >= 11 is 0. The van der Waals surface area contributed by atoms with Crippen molar-refractivity contribution in [2.45, 2.75) is 26.3 Å². The van der Waals surface area contributed by atoms with Crippen LogP contribution in [0.25, 0.3) is 28.0 Å². The molecule has 2 atom stereocenters. The normalized spacial score (nSPS) is 19.1. The van der Waals surface area contributed by atoms with Gasteiger partial charge in [-0.15, -0.1) is 0 Å². The summed E-state index contributed by atoms with van der Waals surface area (Å²) in [7, 11) is 5.54. The molecular formula is C33H35N7O3. The van der Waals surface area contributed by atoms with E-state index in [0.29, 0.717) is 23.3 Å². The molecule has 1 aromatic carbocycles. The van der Waals surface area contributed by atoms with Gasteiger partial charge in [0.25, 0.3) is 11.1 Å². The third kappa shape index (κ3) is 5.18. The molecule has 4 aromatic rings. The van der Waals surface area contributed by atoms with Crippen LogP contribution in [0.5, 0.6) is 0 Å². The number of aromatic nitrogens is 4. The van der Waals surface area contributed by atoms with Gasteiger partial charge in [0.2, 0.25) is 5.91 Å². The van der Waals surface area contributed by atoms with Crippen molar-refractivity contribution >= 4 is 17.4 Å². The first kappa shape index (κ1) is 28.3. The minimum Gasteiger partial charge on any atom is -0.343 e. The second-order valence-corrected chi connectivity index (χ2v) is 11.5. The number of amides is 1. The average molecular weight is 578 g/mol. The van der Waals surface area contributed by atoms with Gasteiger partial charge in [0.15, 0.2) is 5.82 Å². The van der Waals surface area contributed by atoms with Crippen molar-refractivity contribution in [3.8, 4) is 22.4 Å². The molecule has 1 unspecified atom stereocenters. The van der Waals surface area contributed by atoms with Crippen LogP contribution >= 0.6 is 0 Å². The maximum Gasteiger partial charge on any atom is 0.293 e. The van der Waals surface area contributed by atoms with E-state index in [1.165, 1.54) is 4.57 Å². The van der Waals surface area contributed by atoms with E-state index in [9.17, 15) is 14.4 Å². The van der Waals surface area contributed by atoms with Crippen LogP contribution < -0.4 is 16.4 Å². The molecular weight excluding hydrogens is 542 g/mol. The zero-order valence-electron chi connectivity index (χ0n) is 25.0. The Labute approximate surface area is 249 Å². The summed E-state index contributed by atoms with van der Waals surface area (Å²) in [6, 6.07) is 9.28. The number of rotatable bonds is 5. The Morgan fingerprint density at radius 1 is 0.953 bits per heavy atom. The molecule has 0 bridgehead atoms. The number of aryl methyl sites for hydroxylation is 2. The number of anilines is 1. The van der Waals surface area contributed by atoms with E-state index in [1.54, 1.807) is 34.9 Å². The second-order valence-electron chi connectivity index (χ2n) is 11.5. The number of piperazine rings is 1. The largest absolute Gasteiger partial charge is 0.343 e. The number of nitrogens with zero attached hydrogens (tertiary/aromatic N) is 6. The number of pyridine rings is 1. The van der Waals surface area contributed by atoms with Crippen LogP contribution in [0, 0.1) is 19.8 Å². The number of benzene rings is 1. The summed E-state index contributed by atoms with van der Waals surface area (Å²) in [5.74, 6) is 0.384. The molecule has 0 radical (unpaired) electrons. The number of fused-ring (bicyclic) bond motifs is 1. The van der Waals surface area contributed by atoms with E-state index in [2.05, 4.69) is 15.2 Å². The Kier molecular flexibility index (Phi) is 7.31. The van der Waals surface area contributed by atoms with Crippen molar-refractivity contribution in [1.29, 1.82) is 0 Å². The van der Waals surface area contributed by atoms with Gasteiger partial charge in [-0.3, -0.25) is 23.7 Å². The van der Waals surface area contributed by atoms with Gasteiger partial charge < -0.3 is 14.8 Å². The summed E-state index contributed by atoms with van der Waals surface area (Å²) in [6.07, 6.45) is 11.7. The Morgan fingerprint density at radius 2 is 1.74 bits per heavy atom. The molecule has 1 saturated heterocycles. The topological polar surface area (TPSA) is 105 Å². The van der Waals surface area contributed by atoms with E-state index < -0.39 is 0 Å². The third-order valence-corrected chi connectivity index (χ3v) is 8.53. The summed E-state index contributed by atoms with van der Waals surface area (Å²) in [4.78, 5) is 52.5. The van der Waals surface area contributed by atoms with Gasteiger partial charge in [0.05, 0.1) is 17.3 Å². The fraction of sp³-hybridized carbons (Fsp3) is 0.303. The zero-order valence-corrected chi connectivity index (χ0v) is 25.0. The maximum absolute atomic E-state index is 13.4. The summed E-state index contributed by atoms with van der Waals surface area (Å²) < 4.78 is 3.06. The van der Waals surface area contributed by atoms with Gasteiger partial charge >= 0.3 is 0 Å². The van der Waals surface area contributed by atoms with Crippen molar-refractivity contribution in [2.75, 3.05) is 32.5 Å². The van der Waals surface area contributed by atoms with Crippen molar-refractivity contribution in [2.24, 2.45) is 13.0 Å². The van der Waals surface area contributed by atoms with E-state index in [1.807, 2.05) is 76.5 Å². The monoisotopic (exact) mass is 577 g/mol. The number of hydrogen-bond acceptors (Lipinski definition) is 7. The van der Waals surface area contributed by atoms with Gasteiger partial charge in [-0.25, -0.2) is 9.97 Å². The lowest BCUT2D eigenvalue weighted by atomic mass is 9.89. The zero-order chi connectivity index (χ0) is 30.4. The Balaban J connectivity index is 1.30. The number of likely N-dealkylation sites (N-methyl/N-ethyl adjacent to an activating group) is 2. The molecule has 2 aliphatic rings.